The molecule has 3 aromatic heterocycles. The molecule has 1 N–H and O–H groups in total. The van der Waals surface area contributed by atoms with Gasteiger partial charge >= 0.3 is 0 Å². The summed E-state index contributed by atoms with van der Waals surface area (Å²) < 4.78 is 8.80. The summed E-state index contributed by atoms with van der Waals surface area (Å²) in [6.45, 7) is 1.65. The predicted octanol–water partition coefficient (Wildman–Crippen LogP) is 3.75. The Morgan fingerprint density at radius 1 is 1.35 bits per heavy atom. The SMILES string of the molecule is Brc1ccc2nc(-c3cccnc3)c(NCC3CCCO3)n2c1. The van der Waals surface area contributed by atoms with Crippen LogP contribution in [0.15, 0.2) is 47.3 Å². The first-order chi connectivity index (χ1) is 11.3. The number of pyridine rings is 2. The lowest BCUT2D eigenvalue weighted by Gasteiger charge is -2.13. The third-order valence-electron chi connectivity index (χ3n) is 4.04. The highest BCUT2D eigenvalue weighted by Crippen LogP contribution is 2.29. The van der Waals surface area contributed by atoms with Crippen LogP contribution in [0.25, 0.3) is 16.9 Å². The summed E-state index contributed by atoms with van der Waals surface area (Å²) in [4.78, 5) is 8.98. The Balaban J connectivity index is 1.76. The lowest BCUT2D eigenvalue weighted by Crippen LogP contribution is -2.19. The van der Waals surface area contributed by atoms with Crippen LogP contribution in [0.1, 0.15) is 12.8 Å². The highest BCUT2D eigenvalue weighted by molar-refractivity contribution is 9.10. The van der Waals surface area contributed by atoms with E-state index in [0.29, 0.717) is 0 Å². The first-order valence-corrected chi connectivity index (χ1v) is 8.54. The summed E-state index contributed by atoms with van der Waals surface area (Å²) in [6, 6.07) is 7.96. The minimum Gasteiger partial charge on any atom is -0.376 e. The maximum absolute atomic E-state index is 5.72. The monoisotopic (exact) mass is 372 g/mol. The van der Waals surface area contributed by atoms with E-state index >= 15 is 0 Å². The number of imidazole rings is 1. The van der Waals surface area contributed by atoms with E-state index in [2.05, 4.69) is 30.6 Å². The molecule has 4 rings (SSSR count). The number of hydrogen-bond donors (Lipinski definition) is 1. The van der Waals surface area contributed by atoms with Crippen LogP contribution in [-0.4, -0.2) is 33.6 Å². The molecule has 4 heterocycles. The number of anilines is 1. The van der Waals surface area contributed by atoms with E-state index < -0.39 is 0 Å². The van der Waals surface area contributed by atoms with Crippen molar-refractivity contribution in [1.29, 1.82) is 0 Å². The number of ether oxygens (including phenoxy) is 1. The molecule has 3 aromatic rings. The molecule has 1 aliphatic rings. The fourth-order valence-corrected chi connectivity index (χ4v) is 3.24. The Labute approximate surface area is 142 Å². The third-order valence-corrected chi connectivity index (χ3v) is 4.51. The van der Waals surface area contributed by atoms with Crippen molar-refractivity contribution < 1.29 is 4.74 Å². The lowest BCUT2D eigenvalue weighted by atomic mass is 10.2. The fourth-order valence-electron chi connectivity index (χ4n) is 2.91. The molecule has 0 spiro atoms. The van der Waals surface area contributed by atoms with Gasteiger partial charge in [-0.1, -0.05) is 0 Å². The summed E-state index contributed by atoms with van der Waals surface area (Å²) in [5.74, 6) is 0.977. The summed E-state index contributed by atoms with van der Waals surface area (Å²) >= 11 is 3.54. The summed E-state index contributed by atoms with van der Waals surface area (Å²) in [5, 5.41) is 3.53. The number of nitrogens with zero attached hydrogens (tertiary/aromatic N) is 3. The Morgan fingerprint density at radius 3 is 3.09 bits per heavy atom. The van der Waals surface area contributed by atoms with Gasteiger partial charge in [-0.05, 0) is 53.0 Å². The largest absolute Gasteiger partial charge is 0.376 e. The molecule has 0 aromatic carbocycles. The van der Waals surface area contributed by atoms with Crippen molar-refractivity contribution in [2.75, 3.05) is 18.5 Å². The third kappa shape index (κ3) is 2.96. The number of rotatable bonds is 4. The van der Waals surface area contributed by atoms with Gasteiger partial charge in [-0.3, -0.25) is 9.38 Å². The van der Waals surface area contributed by atoms with E-state index in [0.717, 1.165) is 53.2 Å². The molecule has 0 amide bonds. The minimum atomic E-state index is 0.273. The lowest BCUT2D eigenvalue weighted by molar-refractivity contribution is 0.120. The van der Waals surface area contributed by atoms with Crippen LogP contribution in [0.3, 0.4) is 0 Å². The first kappa shape index (κ1) is 14.7. The molecule has 1 fully saturated rings. The van der Waals surface area contributed by atoms with Gasteiger partial charge in [0.05, 0.1) is 6.10 Å². The zero-order valence-corrected chi connectivity index (χ0v) is 14.2. The molecule has 1 saturated heterocycles. The van der Waals surface area contributed by atoms with Crippen LogP contribution in [-0.2, 0) is 4.74 Å². The summed E-state index contributed by atoms with van der Waals surface area (Å²) in [6.07, 6.45) is 8.16. The topological polar surface area (TPSA) is 51.5 Å². The van der Waals surface area contributed by atoms with Crippen LogP contribution in [0.4, 0.5) is 5.82 Å². The Kier molecular flexibility index (Phi) is 4.01. The van der Waals surface area contributed by atoms with Crippen molar-refractivity contribution >= 4 is 27.4 Å². The standard InChI is InChI=1S/C17H17BrN4O/c18-13-5-6-15-21-16(12-3-1-7-19-9-12)17(22(15)11-13)20-10-14-4-2-8-23-14/h1,3,5-7,9,11,14,20H,2,4,8,10H2. The number of nitrogens with one attached hydrogen (secondary N) is 1. The molecule has 1 aliphatic heterocycles. The summed E-state index contributed by atoms with van der Waals surface area (Å²) in [7, 11) is 0. The Bertz CT molecular complexity index is 812. The van der Waals surface area contributed by atoms with Gasteiger partial charge in [0.2, 0.25) is 0 Å². The molecule has 23 heavy (non-hydrogen) atoms. The molecule has 0 saturated carbocycles. The smallest absolute Gasteiger partial charge is 0.139 e. The van der Waals surface area contributed by atoms with E-state index in [4.69, 9.17) is 9.72 Å². The maximum Gasteiger partial charge on any atom is 0.139 e. The second-order valence-corrected chi connectivity index (χ2v) is 6.56. The molecular formula is C17H17BrN4O. The maximum atomic E-state index is 5.72. The molecule has 0 radical (unpaired) electrons. The highest BCUT2D eigenvalue weighted by atomic mass is 79.9. The van der Waals surface area contributed by atoms with E-state index in [-0.39, 0.29) is 6.10 Å². The van der Waals surface area contributed by atoms with E-state index in [1.54, 1.807) is 6.20 Å². The van der Waals surface area contributed by atoms with Crippen LogP contribution in [0.5, 0.6) is 0 Å². The van der Waals surface area contributed by atoms with Crippen molar-refractivity contribution in [1.82, 2.24) is 14.4 Å². The van der Waals surface area contributed by atoms with Crippen LogP contribution >= 0.6 is 15.9 Å². The van der Waals surface area contributed by atoms with Crippen LogP contribution in [0, 0.1) is 0 Å². The molecule has 1 unspecified atom stereocenters. The Hall–Kier alpha value is -1.92. The van der Waals surface area contributed by atoms with Gasteiger partial charge in [-0.15, -0.1) is 0 Å². The molecule has 118 valence electrons. The number of hydrogen-bond acceptors (Lipinski definition) is 4. The predicted molar refractivity (Wildman–Crippen MR) is 93.6 cm³/mol. The zero-order valence-electron chi connectivity index (χ0n) is 12.6. The first-order valence-electron chi connectivity index (χ1n) is 7.75. The van der Waals surface area contributed by atoms with Crippen LogP contribution in [0.2, 0.25) is 0 Å². The van der Waals surface area contributed by atoms with Crippen LogP contribution < -0.4 is 5.32 Å². The molecular weight excluding hydrogens is 356 g/mol. The van der Waals surface area contributed by atoms with Crippen molar-refractivity contribution in [2.24, 2.45) is 0 Å². The van der Waals surface area contributed by atoms with E-state index in [9.17, 15) is 0 Å². The minimum absolute atomic E-state index is 0.273. The van der Waals surface area contributed by atoms with Gasteiger partial charge in [0, 0.05) is 41.8 Å². The second-order valence-electron chi connectivity index (χ2n) is 5.64. The van der Waals surface area contributed by atoms with Gasteiger partial charge in [0.15, 0.2) is 0 Å². The number of halogens is 1. The van der Waals surface area contributed by atoms with Crippen molar-refractivity contribution in [3.8, 4) is 11.3 Å². The van der Waals surface area contributed by atoms with E-state index in [1.807, 2.05) is 36.7 Å². The quantitative estimate of drug-likeness (QED) is 0.757. The van der Waals surface area contributed by atoms with Gasteiger partial charge in [-0.25, -0.2) is 4.98 Å². The molecule has 5 nitrogen and oxygen atoms in total. The highest BCUT2D eigenvalue weighted by Gasteiger charge is 2.19. The molecule has 0 bridgehead atoms. The zero-order chi connectivity index (χ0) is 15.6. The molecule has 1 atom stereocenters. The van der Waals surface area contributed by atoms with Crippen molar-refractivity contribution in [3.63, 3.8) is 0 Å². The second kappa shape index (κ2) is 6.29. The summed E-state index contributed by atoms with van der Waals surface area (Å²) in [5.41, 5.74) is 2.82. The van der Waals surface area contributed by atoms with Gasteiger partial charge in [-0.2, -0.15) is 0 Å². The van der Waals surface area contributed by atoms with Crippen molar-refractivity contribution in [3.05, 3.63) is 47.3 Å². The van der Waals surface area contributed by atoms with Gasteiger partial charge in [0.1, 0.15) is 17.2 Å². The van der Waals surface area contributed by atoms with Gasteiger partial charge in [0.25, 0.3) is 0 Å². The number of aromatic nitrogens is 3. The normalized spacial score (nSPS) is 17.7. The number of fused-ring (bicyclic) bond motifs is 1. The Morgan fingerprint density at radius 2 is 2.30 bits per heavy atom. The average Bonchev–Trinajstić information content (AvgIpc) is 3.21. The van der Waals surface area contributed by atoms with Crippen molar-refractivity contribution in [2.45, 2.75) is 18.9 Å². The van der Waals surface area contributed by atoms with Gasteiger partial charge < -0.3 is 10.1 Å². The van der Waals surface area contributed by atoms with E-state index in [1.165, 1.54) is 0 Å². The fraction of sp³-hybridized carbons (Fsp3) is 0.294. The average molecular weight is 373 g/mol. The molecule has 6 heteroatoms. The molecule has 0 aliphatic carbocycles.